The number of piperazine rings is 1. The number of aromatic nitrogens is 1. The van der Waals surface area contributed by atoms with Crippen molar-refractivity contribution in [2.45, 2.75) is 36.9 Å². The van der Waals surface area contributed by atoms with Gasteiger partial charge in [-0.05, 0) is 19.4 Å². The average molecular weight is 449 g/mol. The summed E-state index contributed by atoms with van der Waals surface area (Å²) < 4.78 is 38.4. The Morgan fingerprint density at radius 1 is 1.31 bits per heavy atom. The summed E-state index contributed by atoms with van der Waals surface area (Å²) in [7, 11) is 0. The Labute approximate surface area is 175 Å². The molecule has 3 fully saturated rings. The third-order valence-corrected chi connectivity index (χ3v) is 7.55. The Morgan fingerprint density at radius 2 is 2.00 bits per heavy atom. The largest absolute Gasteiger partial charge is 0.417 e. The molecular weight excluding hydrogens is 429 g/mol. The van der Waals surface area contributed by atoms with Crippen LogP contribution in [0.15, 0.2) is 12.3 Å². The number of hydrogen-bond donors (Lipinski definition) is 0. The van der Waals surface area contributed by atoms with E-state index in [0.717, 1.165) is 18.7 Å². The van der Waals surface area contributed by atoms with Crippen LogP contribution in [0.5, 0.6) is 0 Å². The quantitative estimate of drug-likeness (QED) is 0.696. The molecule has 0 bridgehead atoms. The highest BCUT2D eigenvalue weighted by molar-refractivity contribution is 8.01. The van der Waals surface area contributed by atoms with Crippen LogP contribution in [0.4, 0.5) is 19.0 Å². The van der Waals surface area contributed by atoms with Crippen LogP contribution in [0.25, 0.3) is 0 Å². The first-order chi connectivity index (χ1) is 13.6. The van der Waals surface area contributed by atoms with E-state index in [1.54, 1.807) is 26.5 Å². The summed E-state index contributed by atoms with van der Waals surface area (Å²) >= 11 is 7.68. The molecule has 3 aliphatic heterocycles. The number of alkyl halides is 3. The minimum Gasteiger partial charge on any atom is -0.352 e. The molecular formula is C18H20ClF3N4O2S. The van der Waals surface area contributed by atoms with Crippen LogP contribution in [0.1, 0.15) is 25.3 Å². The first-order valence-corrected chi connectivity index (χ1v) is 10.7. The summed E-state index contributed by atoms with van der Waals surface area (Å²) in [6.45, 7) is 3.63. The molecule has 29 heavy (non-hydrogen) atoms. The lowest BCUT2D eigenvalue weighted by Crippen LogP contribution is -2.56. The maximum atomic E-state index is 13.0. The minimum atomic E-state index is -4.50. The van der Waals surface area contributed by atoms with Crippen LogP contribution < -0.4 is 4.90 Å². The van der Waals surface area contributed by atoms with E-state index < -0.39 is 17.8 Å². The predicted molar refractivity (Wildman–Crippen MR) is 104 cm³/mol. The molecule has 2 atom stereocenters. The fraction of sp³-hybridized carbons (Fsp3) is 0.611. The molecule has 0 saturated carbocycles. The van der Waals surface area contributed by atoms with Gasteiger partial charge in [-0.25, -0.2) is 4.98 Å². The summed E-state index contributed by atoms with van der Waals surface area (Å²) in [5, 5.41) is -0.0646. The van der Waals surface area contributed by atoms with Crippen LogP contribution in [0, 0.1) is 0 Å². The first-order valence-electron chi connectivity index (χ1n) is 9.33. The number of halogens is 4. The second-order valence-electron chi connectivity index (χ2n) is 7.61. The zero-order valence-electron chi connectivity index (χ0n) is 15.7. The van der Waals surface area contributed by atoms with Gasteiger partial charge >= 0.3 is 6.18 Å². The van der Waals surface area contributed by atoms with E-state index in [9.17, 15) is 22.8 Å². The highest BCUT2D eigenvalue weighted by Gasteiger charge is 2.53. The fourth-order valence-electron chi connectivity index (χ4n) is 4.17. The number of pyridine rings is 1. The van der Waals surface area contributed by atoms with Crippen molar-refractivity contribution in [2.75, 3.05) is 36.8 Å². The van der Waals surface area contributed by atoms with E-state index in [1.807, 2.05) is 6.92 Å². The number of hydrogen-bond acceptors (Lipinski definition) is 5. The third kappa shape index (κ3) is 3.65. The summed E-state index contributed by atoms with van der Waals surface area (Å²) in [6, 6.07) is 0.427. The van der Waals surface area contributed by atoms with Crippen LogP contribution >= 0.6 is 23.4 Å². The maximum absolute atomic E-state index is 13.0. The lowest BCUT2D eigenvalue weighted by molar-refractivity contribution is -0.143. The molecule has 1 aromatic heterocycles. The van der Waals surface area contributed by atoms with Crippen molar-refractivity contribution in [2.24, 2.45) is 0 Å². The first kappa shape index (κ1) is 20.6. The second-order valence-corrected chi connectivity index (χ2v) is 9.51. The summed E-state index contributed by atoms with van der Waals surface area (Å²) in [5.41, 5.74) is -0.892. The van der Waals surface area contributed by atoms with Crippen LogP contribution in [-0.2, 0) is 15.8 Å². The smallest absolute Gasteiger partial charge is 0.352 e. The molecule has 4 rings (SSSR count). The molecule has 0 aliphatic carbocycles. The number of rotatable bonds is 2. The lowest BCUT2D eigenvalue weighted by Gasteiger charge is -2.38. The van der Waals surface area contributed by atoms with Crippen molar-refractivity contribution in [3.05, 3.63) is 22.8 Å². The van der Waals surface area contributed by atoms with E-state index in [2.05, 4.69) is 4.98 Å². The molecule has 3 aliphatic rings. The van der Waals surface area contributed by atoms with Gasteiger partial charge in [0.25, 0.3) is 0 Å². The molecule has 0 radical (unpaired) electrons. The van der Waals surface area contributed by atoms with Crippen molar-refractivity contribution in [1.29, 1.82) is 0 Å². The van der Waals surface area contributed by atoms with Gasteiger partial charge in [-0.3, -0.25) is 9.59 Å². The molecule has 0 N–H and O–H groups in total. The molecule has 2 unspecified atom stereocenters. The van der Waals surface area contributed by atoms with Gasteiger partial charge in [0.1, 0.15) is 11.9 Å². The van der Waals surface area contributed by atoms with Crippen LogP contribution in [0.3, 0.4) is 0 Å². The highest BCUT2D eigenvalue weighted by Crippen LogP contribution is 2.47. The van der Waals surface area contributed by atoms with Crippen molar-refractivity contribution >= 4 is 41.0 Å². The van der Waals surface area contributed by atoms with Crippen LogP contribution in [0.2, 0.25) is 5.02 Å². The molecule has 6 nitrogen and oxygen atoms in total. The Balaban J connectivity index is 1.41. The molecule has 1 aromatic rings. The van der Waals surface area contributed by atoms with Crippen molar-refractivity contribution in [1.82, 2.24) is 14.8 Å². The summed E-state index contributed by atoms with van der Waals surface area (Å²) in [5.74, 6) is 0.830. The molecule has 3 saturated heterocycles. The molecule has 158 valence electrons. The number of carbonyl (C=O) groups excluding carboxylic acids is 2. The topological polar surface area (TPSA) is 56.8 Å². The van der Waals surface area contributed by atoms with Gasteiger partial charge in [-0.15, -0.1) is 11.8 Å². The van der Waals surface area contributed by atoms with Gasteiger partial charge in [-0.2, -0.15) is 13.2 Å². The molecule has 0 spiro atoms. The SMILES string of the molecule is CC12CCC(=O)N1C(C(=O)N1CCN(c3ncc(C(F)(F)F)cc3Cl)CC1)CS2. The van der Waals surface area contributed by atoms with E-state index in [1.165, 1.54) is 0 Å². The third-order valence-electron chi connectivity index (χ3n) is 5.77. The lowest BCUT2D eigenvalue weighted by atomic mass is 10.2. The van der Waals surface area contributed by atoms with E-state index in [4.69, 9.17) is 11.6 Å². The Hall–Kier alpha value is -1.68. The highest BCUT2D eigenvalue weighted by atomic mass is 35.5. The number of carbonyl (C=O) groups is 2. The number of anilines is 1. The van der Waals surface area contributed by atoms with Gasteiger partial charge in [0.15, 0.2) is 0 Å². The van der Waals surface area contributed by atoms with Gasteiger partial charge in [0.2, 0.25) is 11.8 Å². The number of fused-ring (bicyclic) bond motifs is 1. The van der Waals surface area contributed by atoms with E-state index in [-0.39, 0.29) is 27.5 Å². The zero-order chi connectivity index (χ0) is 21.0. The second kappa shape index (κ2) is 7.23. The number of nitrogens with zero attached hydrogens (tertiary/aromatic N) is 4. The Morgan fingerprint density at radius 3 is 2.62 bits per heavy atom. The normalized spacial score (nSPS) is 27.6. The molecule has 0 aromatic carbocycles. The van der Waals surface area contributed by atoms with Gasteiger partial charge in [0.05, 0.1) is 15.5 Å². The van der Waals surface area contributed by atoms with Crippen LogP contribution in [-0.4, -0.2) is 69.4 Å². The van der Waals surface area contributed by atoms with E-state index >= 15 is 0 Å². The van der Waals surface area contributed by atoms with Crippen molar-refractivity contribution < 1.29 is 22.8 Å². The zero-order valence-corrected chi connectivity index (χ0v) is 17.3. The summed E-state index contributed by atoms with van der Waals surface area (Å²) in [6.07, 6.45) is -2.50. The molecule has 2 amide bonds. The minimum absolute atomic E-state index is 0.0234. The fourth-order valence-corrected chi connectivity index (χ4v) is 5.88. The number of amides is 2. The molecule has 11 heteroatoms. The van der Waals surface area contributed by atoms with Gasteiger partial charge in [-0.1, -0.05) is 11.6 Å². The standard InChI is InChI=1S/C18H20ClF3N4O2S/c1-17-3-2-14(27)26(17)13(10-29-17)16(28)25-6-4-24(5-7-25)15-12(19)8-11(9-23-15)18(20,21)22/h8-9,13H,2-7,10H2,1H3. The van der Waals surface area contributed by atoms with Crippen molar-refractivity contribution in [3.63, 3.8) is 0 Å². The average Bonchev–Trinajstić information content (AvgIpc) is 3.16. The predicted octanol–water partition coefficient (Wildman–Crippen LogP) is 2.86. The van der Waals surface area contributed by atoms with Gasteiger partial charge < -0.3 is 14.7 Å². The summed E-state index contributed by atoms with van der Waals surface area (Å²) in [4.78, 5) is 34.1. The van der Waals surface area contributed by atoms with Crippen molar-refractivity contribution in [3.8, 4) is 0 Å². The Bertz CT molecular complexity index is 847. The van der Waals surface area contributed by atoms with E-state index in [0.29, 0.717) is 38.4 Å². The monoisotopic (exact) mass is 448 g/mol. The Kier molecular flexibility index (Phi) is 5.13. The maximum Gasteiger partial charge on any atom is 0.417 e. The number of thioether (sulfide) groups is 1. The molecule has 4 heterocycles. The van der Waals surface area contributed by atoms with Gasteiger partial charge in [0, 0.05) is 44.5 Å².